The van der Waals surface area contributed by atoms with Crippen LogP contribution in [0.5, 0.6) is 46.0 Å². The first-order chi connectivity index (χ1) is 66.6. The molecule has 8 atom stereocenters. The molecule has 12 rings (SSSR count). The zero-order valence-electron chi connectivity index (χ0n) is 79.7. The number of alkyl halides is 4. The van der Waals surface area contributed by atoms with Crippen LogP contribution in [0.2, 0.25) is 0 Å². The van der Waals surface area contributed by atoms with Crippen molar-refractivity contribution in [2.24, 2.45) is 23.7 Å². The number of halogens is 12. The summed E-state index contributed by atoms with van der Waals surface area (Å²) in [6, 6.07) is 56.9. The van der Waals surface area contributed by atoms with Crippen LogP contribution in [0, 0.1) is 52.8 Å². The zero-order chi connectivity index (χ0) is 102. The van der Waals surface area contributed by atoms with Crippen LogP contribution in [0.25, 0.3) is 0 Å². The zero-order valence-corrected chi connectivity index (χ0v) is 100.0. The molecule has 140 heavy (non-hydrogen) atoms. The fourth-order valence-electron chi connectivity index (χ4n) is 13.7. The highest BCUT2D eigenvalue weighted by Crippen LogP contribution is 2.41. The second-order valence-electron chi connectivity index (χ2n) is 36.0. The smallest absolute Gasteiger partial charge is 0.132 e. The number of ether oxygens (including phenoxy) is 8. The summed E-state index contributed by atoms with van der Waals surface area (Å²) in [5.74, 6) is 9.72. The van der Waals surface area contributed by atoms with Gasteiger partial charge in [0.15, 0.2) is 0 Å². The fourth-order valence-corrected chi connectivity index (χ4v) is 19.0. The highest BCUT2D eigenvalue weighted by molar-refractivity contribution is 14.1. The van der Waals surface area contributed by atoms with Crippen LogP contribution in [0.3, 0.4) is 0 Å². The molecule has 0 fully saturated rings. The van der Waals surface area contributed by atoms with Crippen molar-refractivity contribution in [1.29, 1.82) is 0 Å². The van der Waals surface area contributed by atoms with E-state index in [-0.39, 0.29) is 101 Å². The fraction of sp³-hybridized carbons (Fsp3) is 0.440. The minimum atomic E-state index is -0.761. The first-order valence-corrected chi connectivity index (χ1v) is 55.7. The van der Waals surface area contributed by atoms with Gasteiger partial charge in [-0.05, 0) is 322 Å². The molecule has 2 unspecified atom stereocenters. The van der Waals surface area contributed by atoms with Gasteiger partial charge in [-0.15, -0.1) is 66.8 Å². The van der Waals surface area contributed by atoms with Gasteiger partial charge in [0.05, 0.1) is 93.3 Å². The summed E-state index contributed by atoms with van der Waals surface area (Å²) < 4.78 is 60.2. The SMILES string of the molecule is CC(CCl)COc1ccc(C(C)(C)c2ccc(OCC(O)Cn3nnc(CO)c3I)cc2)cc1[123I].C[C@@H](CCl)COc1ccc(C(C)(C)c2ccc(OC[C@@H](O)Cn3nnc(CO)c3I)cc2)cc1[123I].C[C@@H](CCl)COc1ccc(C(C)(C)c2ccc(OC[C@H](O)Cn3nnc(CO)c3I)cc2)cc1[123I].C[C@H](CCl)COc1ccc(C(C)(C)c2ccc(OC[C@H](O)Cn3nnc(CO)c3I)cc2)cc1[123I]. The van der Waals surface area contributed by atoms with Crippen LogP contribution in [-0.4, -0.2) is 202 Å². The van der Waals surface area contributed by atoms with Gasteiger partial charge in [0.1, 0.15) is 134 Å². The van der Waals surface area contributed by atoms with Crippen LogP contribution in [0.4, 0.5) is 0 Å². The van der Waals surface area contributed by atoms with Gasteiger partial charge in [-0.2, -0.15) is 0 Å². The molecule has 0 aliphatic carbocycles. The average Bonchev–Trinajstić information content (AvgIpc) is 1.26. The maximum atomic E-state index is 10.3. The van der Waals surface area contributed by atoms with Crippen molar-refractivity contribution in [3.05, 3.63) is 266 Å². The largest absolute Gasteiger partial charge is 0.492 e. The Balaban J connectivity index is 0.000000209. The van der Waals surface area contributed by atoms with Crippen LogP contribution >= 0.6 is 227 Å². The molecule has 0 radical (unpaired) electrons. The molecule has 4 aromatic heterocycles. The van der Waals surface area contributed by atoms with Gasteiger partial charge < -0.3 is 78.7 Å². The molecule has 0 aliphatic heterocycles. The number of rotatable bonds is 48. The molecule has 0 saturated heterocycles. The van der Waals surface area contributed by atoms with Crippen molar-refractivity contribution < 1.29 is 78.7 Å². The van der Waals surface area contributed by atoms with E-state index in [0.717, 1.165) is 59.5 Å². The van der Waals surface area contributed by atoms with Gasteiger partial charge >= 0.3 is 0 Å². The Hall–Kier alpha value is -4.60. The second kappa shape index (κ2) is 57.8. The predicted octanol–water partition coefficient (Wildman–Crippen LogP) is 20.0. The van der Waals surface area contributed by atoms with E-state index in [9.17, 15) is 40.9 Å². The molecule has 0 amide bonds. The molecule has 12 aromatic rings. The van der Waals surface area contributed by atoms with E-state index >= 15 is 0 Å². The van der Waals surface area contributed by atoms with E-state index in [4.69, 9.17) is 84.3 Å². The average molecular weight is 2890 g/mol. The number of hydrogen-bond acceptors (Lipinski definition) is 24. The summed E-state index contributed by atoms with van der Waals surface area (Å²) >= 11 is 41.0. The Labute approximate surface area is 948 Å². The Bertz CT molecular complexity index is 5140. The van der Waals surface area contributed by atoms with E-state index in [1.807, 2.05) is 72.8 Å². The van der Waals surface area contributed by atoms with E-state index < -0.39 is 24.4 Å². The third-order valence-electron chi connectivity index (χ3n) is 22.9. The quantitative estimate of drug-likeness (QED) is 0.0130. The van der Waals surface area contributed by atoms with Crippen LogP contribution in [0.1, 0.15) is 150 Å². The van der Waals surface area contributed by atoms with Crippen molar-refractivity contribution >= 4 is 227 Å². The number of aliphatic hydroxyl groups excluding tert-OH is 8. The molecule has 8 aromatic carbocycles. The molecule has 0 bridgehead atoms. The lowest BCUT2D eigenvalue weighted by Crippen LogP contribution is -2.25. The van der Waals surface area contributed by atoms with Crippen molar-refractivity contribution in [2.75, 3.05) is 76.4 Å². The first kappa shape index (κ1) is 119. The Morgan fingerprint density at radius 1 is 0.279 bits per heavy atom. The van der Waals surface area contributed by atoms with Gasteiger partial charge in [-0.1, -0.05) is 177 Å². The number of aromatic nitrogens is 12. The van der Waals surface area contributed by atoms with E-state index in [1.165, 1.54) is 22.3 Å². The van der Waals surface area contributed by atoms with Gasteiger partial charge in [0, 0.05) is 68.9 Å². The van der Waals surface area contributed by atoms with E-state index in [1.54, 1.807) is 18.7 Å². The first-order valence-electron chi connectivity index (χ1n) is 45.0. The van der Waals surface area contributed by atoms with Crippen molar-refractivity contribution in [2.45, 2.75) is 182 Å². The maximum Gasteiger partial charge on any atom is 0.132 e. The van der Waals surface area contributed by atoms with Crippen LogP contribution in [-0.2, 0) is 74.3 Å². The lowest BCUT2D eigenvalue weighted by atomic mass is 9.78. The molecule has 760 valence electrons. The summed E-state index contributed by atoms with van der Waals surface area (Å²) in [6.07, 6.45) is -3.04. The summed E-state index contributed by atoms with van der Waals surface area (Å²) in [5, 5.41) is 110. The van der Waals surface area contributed by atoms with Gasteiger partial charge in [0.25, 0.3) is 0 Å². The normalized spacial score (nSPS) is 13.5. The van der Waals surface area contributed by atoms with Crippen molar-refractivity contribution in [3.63, 3.8) is 0 Å². The minimum Gasteiger partial charge on any atom is -0.492 e. The Kier molecular flexibility index (Phi) is 49.1. The summed E-state index contributed by atoms with van der Waals surface area (Å²) in [6.45, 7) is 28.9. The molecular weight excluding hydrogens is 2770 g/mol. The highest BCUT2D eigenvalue weighted by atomic mass is 127. The van der Waals surface area contributed by atoms with Crippen LogP contribution in [0.15, 0.2) is 170 Å². The topological polar surface area (TPSA) is 359 Å². The van der Waals surface area contributed by atoms with Crippen LogP contribution < -0.4 is 37.9 Å². The molecular formula is C100H120Cl4I8N12O16. The molecule has 40 heteroatoms. The monoisotopic (exact) mass is 2880 g/mol. The molecule has 0 saturated carbocycles. The minimum absolute atomic E-state index is 0.120. The summed E-state index contributed by atoms with van der Waals surface area (Å²) in [4.78, 5) is 0. The van der Waals surface area contributed by atoms with Gasteiger partial charge in [-0.3, -0.25) is 0 Å². The standard InChI is InChI=1S/4C25H30ClI2N3O4/c4*1-16(11-26)14-35-23-9-6-18(10-21(23)27)25(2,3)17-4-7-20(8-5-17)34-15-19(33)12-31-24(28)22(13-32)29-30-31/h4*4-10,16,19,32-33H,11-15H2,1-3H3/t16-,19+;2*16-,19-;/m010./s1/i4*27-4. The van der Waals surface area contributed by atoms with Gasteiger partial charge in [0.2, 0.25) is 0 Å². The number of nitrogens with zero attached hydrogens (tertiary/aromatic N) is 12. The van der Waals surface area contributed by atoms with Crippen molar-refractivity contribution in [1.82, 2.24) is 60.0 Å². The maximum absolute atomic E-state index is 10.3. The van der Waals surface area contributed by atoms with E-state index in [0.29, 0.717) is 134 Å². The molecule has 8 N–H and O–H groups in total. The molecule has 4 heterocycles. The summed E-state index contributed by atoms with van der Waals surface area (Å²) in [7, 11) is 0. The third-order valence-corrected chi connectivity index (χ3v) is 33.1. The highest BCUT2D eigenvalue weighted by Gasteiger charge is 2.31. The second-order valence-corrected chi connectivity index (χ2v) is 46.0. The van der Waals surface area contributed by atoms with Crippen molar-refractivity contribution in [3.8, 4) is 46.0 Å². The lowest BCUT2D eigenvalue weighted by Gasteiger charge is -2.27. The number of hydrogen-bond donors (Lipinski definition) is 8. The number of benzene rings is 8. The van der Waals surface area contributed by atoms with E-state index in [2.05, 4.69) is 402 Å². The lowest BCUT2D eigenvalue weighted by molar-refractivity contribution is 0.0880. The van der Waals surface area contributed by atoms with Gasteiger partial charge in [-0.25, -0.2) is 18.7 Å². The molecule has 0 aliphatic rings. The Morgan fingerprint density at radius 2 is 0.450 bits per heavy atom. The molecule has 28 nitrogen and oxygen atoms in total. The predicted molar refractivity (Wildman–Crippen MR) is 613 cm³/mol. The third kappa shape index (κ3) is 34.8. The number of aliphatic hydroxyl groups is 8. The summed E-state index contributed by atoms with van der Waals surface area (Å²) in [5.41, 5.74) is 10.5. The Morgan fingerprint density at radius 3 is 0.600 bits per heavy atom. The molecule has 0 spiro atoms.